The predicted octanol–water partition coefficient (Wildman–Crippen LogP) is 3.79. The Kier molecular flexibility index (Phi) is 8.13. The minimum atomic E-state index is -4.83. The molecule has 1 atom stereocenters. The summed E-state index contributed by atoms with van der Waals surface area (Å²) in [5.41, 5.74) is 0.402. The molecule has 2 aromatic rings. The Bertz CT molecular complexity index is 1080. The van der Waals surface area contributed by atoms with E-state index in [-0.39, 0.29) is 37.0 Å². The normalized spacial score (nSPS) is 14.3. The molecule has 0 fully saturated rings. The van der Waals surface area contributed by atoms with Crippen molar-refractivity contribution < 1.29 is 27.2 Å². The number of alkyl halides is 3. The molecule has 0 aliphatic carbocycles. The largest absolute Gasteiger partial charge is 0.419 e. The SMILES string of the molecule is CC(=O)NCCC(NC(=O)N1CCc2cnc(NC(C)C)nc2C1)c1ccc(C(F)(F)F)c(F)c1. The molecule has 0 saturated heterocycles. The third kappa shape index (κ3) is 7.03. The number of nitrogens with one attached hydrogen (secondary N) is 3. The maximum atomic E-state index is 14.2. The lowest BCUT2D eigenvalue weighted by atomic mass is 10.0. The topological polar surface area (TPSA) is 99.3 Å². The zero-order valence-corrected chi connectivity index (χ0v) is 19.7. The van der Waals surface area contributed by atoms with Crippen LogP contribution in [-0.2, 0) is 23.9 Å². The van der Waals surface area contributed by atoms with E-state index in [0.717, 1.165) is 17.7 Å². The molecule has 1 aromatic carbocycles. The van der Waals surface area contributed by atoms with Crippen molar-refractivity contribution in [3.63, 3.8) is 0 Å². The van der Waals surface area contributed by atoms with Gasteiger partial charge in [-0.3, -0.25) is 4.79 Å². The molecule has 1 aliphatic heterocycles. The van der Waals surface area contributed by atoms with E-state index in [1.54, 1.807) is 6.20 Å². The molecule has 3 rings (SSSR count). The quantitative estimate of drug-likeness (QED) is 0.507. The van der Waals surface area contributed by atoms with E-state index in [1.807, 2.05) is 13.8 Å². The van der Waals surface area contributed by atoms with Crippen molar-refractivity contribution in [3.05, 3.63) is 52.6 Å². The first-order valence-electron chi connectivity index (χ1n) is 11.2. The Morgan fingerprint density at radius 1 is 1.23 bits per heavy atom. The van der Waals surface area contributed by atoms with Crippen LogP contribution < -0.4 is 16.0 Å². The van der Waals surface area contributed by atoms with Crippen molar-refractivity contribution in [2.45, 2.75) is 58.4 Å². The second-order valence-corrected chi connectivity index (χ2v) is 8.65. The van der Waals surface area contributed by atoms with Gasteiger partial charge in [0.05, 0.1) is 23.8 Å². The van der Waals surface area contributed by atoms with Crippen LogP contribution in [0.25, 0.3) is 0 Å². The summed E-state index contributed by atoms with van der Waals surface area (Å²) in [4.78, 5) is 34.6. The molecule has 3 amide bonds. The van der Waals surface area contributed by atoms with Crippen LogP contribution in [0.3, 0.4) is 0 Å². The van der Waals surface area contributed by atoms with Gasteiger partial charge in [0.15, 0.2) is 0 Å². The van der Waals surface area contributed by atoms with Gasteiger partial charge in [0.2, 0.25) is 11.9 Å². The number of benzene rings is 1. The van der Waals surface area contributed by atoms with E-state index in [9.17, 15) is 27.2 Å². The fraction of sp³-hybridized carbons (Fsp3) is 0.478. The number of nitrogens with zero attached hydrogens (tertiary/aromatic N) is 3. The second kappa shape index (κ2) is 10.9. The fourth-order valence-corrected chi connectivity index (χ4v) is 3.74. The van der Waals surface area contributed by atoms with Crippen LogP contribution in [0, 0.1) is 5.82 Å². The van der Waals surface area contributed by atoms with Crippen LogP contribution in [0.4, 0.5) is 28.3 Å². The van der Waals surface area contributed by atoms with Crippen LogP contribution >= 0.6 is 0 Å². The molecule has 0 saturated carbocycles. The van der Waals surface area contributed by atoms with Crippen LogP contribution in [0.2, 0.25) is 0 Å². The number of aromatic nitrogens is 2. The lowest BCUT2D eigenvalue weighted by molar-refractivity contribution is -0.140. The van der Waals surface area contributed by atoms with Crippen LogP contribution in [0.15, 0.2) is 24.4 Å². The maximum Gasteiger partial charge on any atom is 0.419 e. The minimum absolute atomic E-state index is 0.129. The third-order valence-electron chi connectivity index (χ3n) is 5.46. The van der Waals surface area contributed by atoms with E-state index >= 15 is 0 Å². The number of urea groups is 1. The summed E-state index contributed by atoms with van der Waals surface area (Å²) >= 11 is 0. The van der Waals surface area contributed by atoms with E-state index in [4.69, 9.17) is 0 Å². The van der Waals surface area contributed by atoms with Gasteiger partial charge in [-0.25, -0.2) is 19.2 Å². The monoisotopic (exact) mass is 496 g/mol. The molecule has 3 N–H and O–H groups in total. The highest BCUT2D eigenvalue weighted by atomic mass is 19.4. The van der Waals surface area contributed by atoms with Crippen LogP contribution in [0.5, 0.6) is 0 Å². The number of hydrogen-bond donors (Lipinski definition) is 3. The van der Waals surface area contributed by atoms with E-state index in [0.29, 0.717) is 30.7 Å². The van der Waals surface area contributed by atoms with Crippen molar-refractivity contribution in [1.82, 2.24) is 25.5 Å². The molecule has 0 spiro atoms. The Morgan fingerprint density at radius 3 is 2.60 bits per heavy atom. The Balaban J connectivity index is 1.77. The Labute approximate surface area is 200 Å². The fourth-order valence-electron chi connectivity index (χ4n) is 3.74. The molecule has 1 unspecified atom stereocenters. The number of rotatable bonds is 7. The molecular formula is C23H28F4N6O2. The van der Waals surface area contributed by atoms with Crippen molar-refractivity contribution in [2.24, 2.45) is 0 Å². The highest BCUT2D eigenvalue weighted by molar-refractivity contribution is 5.75. The van der Waals surface area contributed by atoms with Gasteiger partial charge in [0.25, 0.3) is 0 Å². The average Bonchev–Trinajstić information content (AvgIpc) is 2.76. The van der Waals surface area contributed by atoms with Gasteiger partial charge in [-0.15, -0.1) is 0 Å². The lowest BCUT2D eigenvalue weighted by Crippen LogP contribution is -2.45. The number of anilines is 1. The van der Waals surface area contributed by atoms with E-state index in [1.165, 1.54) is 11.8 Å². The first-order valence-corrected chi connectivity index (χ1v) is 11.2. The number of carbonyl (C=O) groups is 2. The number of fused-ring (bicyclic) bond motifs is 1. The van der Waals surface area contributed by atoms with Gasteiger partial charge in [0, 0.05) is 32.3 Å². The molecule has 2 heterocycles. The van der Waals surface area contributed by atoms with Gasteiger partial charge < -0.3 is 20.9 Å². The maximum absolute atomic E-state index is 14.2. The van der Waals surface area contributed by atoms with Gasteiger partial charge >= 0.3 is 12.2 Å². The molecule has 190 valence electrons. The number of carbonyl (C=O) groups excluding carboxylic acids is 2. The molecular weight excluding hydrogens is 468 g/mol. The summed E-state index contributed by atoms with van der Waals surface area (Å²) in [5, 5.41) is 8.46. The molecule has 1 aliphatic rings. The summed E-state index contributed by atoms with van der Waals surface area (Å²) < 4.78 is 53.1. The first-order chi connectivity index (χ1) is 16.4. The van der Waals surface area contributed by atoms with Crippen molar-refractivity contribution in [1.29, 1.82) is 0 Å². The molecule has 35 heavy (non-hydrogen) atoms. The molecule has 12 heteroatoms. The van der Waals surface area contributed by atoms with Crippen molar-refractivity contribution >= 4 is 17.9 Å². The first kappa shape index (κ1) is 26.2. The molecule has 8 nitrogen and oxygen atoms in total. The lowest BCUT2D eigenvalue weighted by Gasteiger charge is -2.30. The van der Waals surface area contributed by atoms with Crippen molar-refractivity contribution in [2.75, 3.05) is 18.4 Å². The third-order valence-corrected chi connectivity index (χ3v) is 5.46. The summed E-state index contributed by atoms with van der Waals surface area (Å²) in [5.74, 6) is -1.27. The number of halogens is 4. The summed E-state index contributed by atoms with van der Waals surface area (Å²) in [6.45, 7) is 5.97. The number of amides is 3. The average molecular weight is 497 g/mol. The van der Waals surface area contributed by atoms with E-state index < -0.39 is 29.6 Å². The predicted molar refractivity (Wildman–Crippen MR) is 121 cm³/mol. The summed E-state index contributed by atoms with van der Waals surface area (Å²) in [6.07, 6.45) is -2.41. The molecule has 0 radical (unpaired) electrons. The number of hydrogen-bond acceptors (Lipinski definition) is 5. The minimum Gasteiger partial charge on any atom is -0.356 e. The van der Waals surface area contributed by atoms with Gasteiger partial charge in [-0.1, -0.05) is 6.07 Å². The zero-order valence-electron chi connectivity index (χ0n) is 19.7. The highest BCUT2D eigenvalue weighted by Crippen LogP contribution is 2.33. The van der Waals surface area contributed by atoms with Crippen LogP contribution in [-0.4, -0.2) is 45.9 Å². The van der Waals surface area contributed by atoms with Gasteiger partial charge in [0.1, 0.15) is 5.82 Å². The smallest absolute Gasteiger partial charge is 0.356 e. The van der Waals surface area contributed by atoms with Gasteiger partial charge in [-0.05, 0) is 49.9 Å². The Morgan fingerprint density at radius 2 is 1.97 bits per heavy atom. The highest BCUT2D eigenvalue weighted by Gasteiger charge is 2.34. The summed E-state index contributed by atoms with van der Waals surface area (Å²) in [7, 11) is 0. The molecule has 1 aromatic heterocycles. The summed E-state index contributed by atoms with van der Waals surface area (Å²) in [6, 6.07) is 1.39. The molecule has 0 bridgehead atoms. The standard InChI is InChI=1S/C23H28F4N6O2/c1-13(2)30-21-29-11-16-7-9-33(12-20(16)31-21)22(35)32-19(6-8-28-14(3)34)15-4-5-17(18(24)10-15)23(25,26)27/h4-5,10-11,13,19H,6-9,12H2,1-3H3,(H,28,34)(H,32,35)(H,29,30,31). The van der Waals surface area contributed by atoms with Gasteiger partial charge in [-0.2, -0.15) is 13.2 Å². The zero-order chi connectivity index (χ0) is 25.8. The van der Waals surface area contributed by atoms with E-state index in [2.05, 4.69) is 25.9 Å². The Hall–Kier alpha value is -3.44. The van der Waals surface area contributed by atoms with Crippen molar-refractivity contribution in [3.8, 4) is 0 Å². The second-order valence-electron chi connectivity index (χ2n) is 8.65. The van der Waals surface area contributed by atoms with Crippen LogP contribution in [0.1, 0.15) is 55.6 Å².